The summed E-state index contributed by atoms with van der Waals surface area (Å²) in [7, 11) is 0. The number of carbonyl (C=O) groups is 2. The van der Waals surface area contributed by atoms with Crippen LogP contribution in [0.3, 0.4) is 0 Å². The molecule has 0 aromatic carbocycles. The van der Waals surface area contributed by atoms with Crippen LogP contribution in [0.1, 0.15) is 85.7 Å². The van der Waals surface area contributed by atoms with Gasteiger partial charge in [-0.2, -0.15) is 5.26 Å². The largest absolute Gasteiger partial charge is 0.477 e. The Morgan fingerprint density at radius 3 is 2.47 bits per heavy atom. The molecular formula is C25H33N3O3S. The Kier molecular flexibility index (Phi) is 7.20. The summed E-state index contributed by atoms with van der Waals surface area (Å²) in [6, 6.07) is 1.90. The second-order valence-corrected chi connectivity index (χ2v) is 10.6. The van der Waals surface area contributed by atoms with Gasteiger partial charge in [0, 0.05) is 29.9 Å². The van der Waals surface area contributed by atoms with Gasteiger partial charge >= 0.3 is 5.97 Å². The van der Waals surface area contributed by atoms with Crippen LogP contribution in [-0.2, 0) is 4.79 Å². The lowest BCUT2D eigenvalue weighted by molar-refractivity contribution is -0.124. The summed E-state index contributed by atoms with van der Waals surface area (Å²) in [6.45, 7) is 3.45. The number of nitriles is 1. The Morgan fingerprint density at radius 1 is 1.16 bits per heavy atom. The van der Waals surface area contributed by atoms with Gasteiger partial charge in [-0.3, -0.25) is 4.79 Å². The van der Waals surface area contributed by atoms with Gasteiger partial charge in [0.05, 0.1) is 5.69 Å². The highest BCUT2D eigenvalue weighted by atomic mass is 32.1. The van der Waals surface area contributed by atoms with Crippen molar-refractivity contribution in [3.05, 3.63) is 21.9 Å². The molecule has 2 heterocycles. The molecule has 0 unspecified atom stereocenters. The number of amides is 1. The molecule has 6 nitrogen and oxygen atoms in total. The number of anilines is 1. The second-order valence-electron chi connectivity index (χ2n) is 9.59. The number of carbonyl (C=O) groups excluding carboxylic acids is 1. The fourth-order valence-electron chi connectivity index (χ4n) is 5.36. The van der Waals surface area contributed by atoms with Gasteiger partial charge in [0.25, 0.3) is 0 Å². The fourth-order valence-corrected chi connectivity index (χ4v) is 6.41. The molecule has 1 saturated carbocycles. The monoisotopic (exact) mass is 455 g/mol. The number of hydrogen-bond donors (Lipinski definition) is 1. The second kappa shape index (κ2) is 10.1. The van der Waals surface area contributed by atoms with E-state index < -0.39 is 5.97 Å². The van der Waals surface area contributed by atoms with E-state index in [0.29, 0.717) is 37.5 Å². The van der Waals surface area contributed by atoms with Crippen molar-refractivity contribution >= 4 is 34.5 Å². The lowest BCUT2D eigenvalue weighted by Crippen LogP contribution is -2.49. The molecule has 2 fully saturated rings. The minimum Gasteiger partial charge on any atom is -0.477 e. The molecule has 0 spiro atoms. The van der Waals surface area contributed by atoms with Gasteiger partial charge < -0.3 is 14.9 Å². The van der Waals surface area contributed by atoms with E-state index in [2.05, 4.69) is 19.2 Å². The summed E-state index contributed by atoms with van der Waals surface area (Å²) in [5.41, 5.74) is 1.79. The Balaban J connectivity index is 1.69. The van der Waals surface area contributed by atoms with E-state index in [9.17, 15) is 20.0 Å². The zero-order valence-electron chi connectivity index (χ0n) is 18.9. The predicted molar refractivity (Wildman–Crippen MR) is 127 cm³/mol. The van der Waals surface area contributed by atoms with Crippen molar-refractivity contribution in [2.45, 2.75) is 77.2 Å². The maximum absolute atomic E-state index is 13.9. The summed E-state index contributed by atoms with van der Waals surface area (Å²) in [6.07, 6.45) is 13.9. The van der Waals surface area contributed by atoms with Crippen LogP contribution < -0.4 is 4.90 Å². The predicted octanol–water partition coefficient (Wildman–Crippen LogP) is 5.51. The first-order chi connectivity index (χ1) is 15.5. The van der Waals surface area contributed by atoms with Crippen LogP contribution in [0.25, 0.3) is 5.57 Å². The molecule has 1 aliphatic heterocycles. The topological polar surface area (TPSA) is 84.6 Å². The zero-order chi connectivity index (χ0) is 22.7. The fraction of sp³-hybridized carbons (Fsp3) is 0.640. The number of carboxylic acid groups (broad SMARTS) is 1. The molecule has 1 saturated heterocycles. The SMILES string of the molecule is CC1CCC(C(=O)N(c2cc(C3=CCCCC3)sc2C(=O)O)C2CCN(C#N)CC2)CC1. The van der Waals surface area contributed by atoms with E-state index >= 15 is 0 Å². The van der Waals surface area contributed by atoms with Crippen molar-refractivity contribution in [1.82, 2.24) is 4.90 Å². The van der Waals surface area contributed by atoms with Crippen LogP contribution in [0.2, 0.25) is 0 Å². The van der Waals surface area contributed by atoms with Gasteiger partial charge in [0.2, 0.25) is 5.91 Å². The number of piperidine rings is 1. The molecule has 172 valence electrons. The maximum Gasteiger partial charge on any atom is 0.348 e. The Labute approximate surface area is 194 Å². The summed E-state index contributed by atoms with van der Waals surface area (Å²) < 4.78 is 0. The quantitative estimate of drug-likeness (QED) is 0.592. The first kappa shape index (κ1) is 22.8. The molecular weight excluding hydrogens is 422 g/mol. The summed E-state index contributed by atoms with van der Waals surface area (Å²) >= 11 is 1.31. The number of carboxylic acids is 1. The molecule has 4 rings (SSSR count). The third-order valence-corrected chi connectivity index (χ3v) is 8.54. The van der Waals surface area contributed by atoms with E-state index in [1.807, 2.05) is 11.0 Å². The highest BCUT2D eigenvalue weighted by Crippen LogP contribution is 2.41. The molecule has 1 aromatic heterocycles. The molecule has 1 aromatic rings. The minimum absolute atomic E-state index is 0.0425. The van der Waals surface area contributed by atoms with E-state index in [4.69, 9.17) is 0 Å². The maximum atomic E-state index is 13.9. The van der Waals surface area contributed by atoms with Crippen molar-refractivity contribution in [2.24, 2.45) is 11.8 Å². The number of rotatable bonds is 5. The number of allylic oxidation sites excluding steroid dienone is 2. The molecule has 1 N–H and O–H groups in total. The van der Waals surface area contributed by atoms with Crippen LogP contribution in [0.15, 0.2) is 12.1 Å². The molecule has 7 heteroatoms. The smallest absolute Gasteiger partial charge is 0.348 e. The normalized spacial score (nSPS) is 24.5. The van der Waals surface area contributed by atoms with Gasteiger partial charge in [-0.25, -0.2) is 4.79 Å². The Bertz CT molecular complexity index is 915. The van der Waals surface area contributed by atoms with Gasteiger partial charge in [-0.1, -0.05) is 13.0 Å². The van der Waals surface area contributed by atoms with Gasteiger partial charge in [-0.15, -0.1) is 11.3 Å². The minimum atomic E-state index is -0.961. The van der Waals surface area contributed by atoms with Crippen LogP contribution in [-0.4, -0.2) is 41.0 Å². The average molecular weight is 456 g/mol. The number of aromatic carboxylic acids is 1. The summed E-state index contributed by atoms with van der Waals surface area (Å²) in [5.74, 6) is -0.278. The molecule has 0 bridgehead atoms. The van der Waals surface area contributed by atoms with Crippen molar-refractivity contribution in [3.63, 3.8) is 0 Å². The van der Waals surface area contributed by atoms with Gasteiger partial charge in [0.1, 0.15) is 4.88 Å². The Hall–Kier alpha value is -2.33. The zero-order valence-corrected chi connectivity index (χ0v) is 19.7. The Morgan fingerprint density at radius 2 is 1.88 bits per heavy atom. The van der Waals surface area contributed by atoms with Crippen molar-refractivity contribution in [3.8, 4) is 6.19 Å². The van der Waals surface area contributed by atoms with Crippen molar-refractivity contribution < 1.29 is 14.7 Å². The number of likely N-dealkylation sites (tertiary alicyclic amines) is 1. The first-order valence-corrected chi connectivity index (χ1v) is 12.8. The van der Waals surface area contributed by atoms with Gasteiger partial charge in [0.15, 0.2) is 6.19 Å². The third kappa shape index (κ3) is 4.85. The summed E-state index contributed by atoms with van der Waals surface area (Å²) in [4.78, 5) is 30.9. The summed E-state index contributed by atoms with van der Waals surface area (Å²) in [5, 5.41) is 19.3. The van der Waals surface area contributed by atoms with E-state index in [1.165, 1.54) is 23.3 Å². The molecule has 2 aliphatic carbocycles. The van der Waals surface area contributed by atoms with Crippen LogP contribution >= 0.6 is 11.3 Å². The molecule has 32 heavy (non-hydrogen) atoms. The molecule has 3 aliphatic rings. The molecule has 1 amide bonds. The van der Waals surface area contributed by atoms with Gasteiger partial charge in [-0.05, 0) is 81.8 Å². The van der Waals surface area contributed by atoms with Crippen LogP contribution in [0.5, 0.6) is 0 Å². The number of nitrogens with zero attached hydrogens (tertiary/aromatic N) is 3. The number of thiophene rings is 1. The lowest BCUT2D eigenvalue weighted by Gasteiger charge is -2.39. The van der Waals surface area contributed by atoms with Crippen molar-refractivity contribution in [1.29, 1.82) is 5.26 Å². The van der Waals surface area contributed by atoms with Crippen molar-refractivity contribution in [2.75, 3.05) is 18.0 Å². The standard InChI is InChI=1S/C25H33N3O3S/c1-17-7-9-19(10-8-17)24(29)28(20-11-13-27(16-26)14-12-20)21-15-22(32-23(21)25(30)31)18-5-3-2-4-6-18/h5,15,17,19-20H,2-4,6-14H2,1H3,(H,30,31). The first-order valence-electron chi connectivity index (χ1n) is 12.0. The van der Waals surface area contributed by atoms with E-state index in [1.54, 1.807) is 4.90 Å². The van der Waals surface area contributed by atoms with Crippen LogP contribution in [0.4, 0.5) is 5.69 Å². The highest BCUT2D eigenvalue weighted by molar-refractivity contribution is 7.15. The van der Waals surface area contributed by atoms with Crippen LogP contribution in [0, 0.1) is 23.3 Å². The third-order valence-electron chi connectivity index (χ3n) is 7.35. The average Bonchev–Trinajstić information content (AvgIpc) is 3.26. The lowest BCUT2D eigenvalue weighted by atomic mass is 9.82. The molecule has 0 atom stereocenters. The van der Waals surface area contributed by atoms with E-state index in [0.717, 1.165) is 49.8 Å². The number of hydrogen-bond acceptors (Lipinski definition) is 5. The molecule has 0 radical (unpaired) electrons. The highest BCUT2D eigenvalue weighted by Gasteiger charge is 2.37. The van der Waals surface area contributed by atoms with E-state index in [-0.39, 0.29) is 22.7 Å².